The van der Waals surface area contributed by atoms with E-state index in [-0.39, 0.29) is 0 Å². The van der Waals surface area contributed by atoms with Gasteiger partial charge in [-0.2, -0.15) is 4.98 Å². The summed E-state index contributed by atoms with van der Waals surface area (Å²) in [4.78, 5) is 11.3. The van der Waals surface area contributed by atoms with Gasteiger partial charge < -0.3 is 15.4 Å². The van der Waals surface area contributed by atoms with E-state index in [4.69, 9.17) is 10.5 Å². The van der Waals surface area contributed by atoms with Crippen molar-refractivity contribution in [1.82, 2.24) is 9.97 Å². The number of hydrogen-bond donors (Lipinski definition) is 1. The lowest BCUT2D eigenvalue weighted by molar-refractivity contribution is 0.302. The molecule has 2 heterocycles. The molecule has 1 fully saturated rings. The Kier molecular flexibility index (Phi) is 5.17. The zero-order valence-corrected chi connectivity index (χ0v) is 12.8. The highest BCUT2D eigenvalue weighted by Gasteiger charge is 2.27. The summed E-state index contributed by atoms with van der Waals surface area (Å²) in [6.07, 6.45) is 3.08. The largest absolute Gasteiger partial charge is 0.478 e. The maximum atomic E-state index is 6.16. The van der Waals surface area contributed by atoms with Crippen molar-refractivity contribution in [2.45, 2.75) is 46.1 Å². The molecule has 20 heavy (non-hydrogen) atoms. The molecule has 0 aliphatic carbocycles. The van der Waals surface area contributed by atoms with E-state index in [0.29, 0.717) is 24.4 Å². The minimum Gasteiger partial charge on any atom is -0.478 e. The van der Waals surface area contributed by atoms with Gasteiger partial charge in [-0.05, 0) is 25.7 Å². The number of anilines is 1. The molecule has 2 unspecified atom stereocenters. The molecular weight excluding hydrogens is 252 g/mol. The van der Waals surface area contributed by atoms with E-state index in [1.807, 2.05) is 13.0 Å². The second-order valence-corrected chi connectivity index (χ2v) is 5.56. The van der Waals surface area contributed by atoms with Crippen molar-refractivity contribution in [2.24, 2.45) is 11.7 Å². The molecule has 1 saturated heterocycles. The van der Waals surface area contributed by atoms with Crippen LogP contribution >= 0.6 is 0 Å². The van der Waals surface area contributed by atoms with E-state index in [1.54, 1.807) is 0 Å². The van der Waals surface area contributed by atoms with Crippen molar-refractivity contribution in [1.29, 1.82) is 0 Å². The first-order chi connectivity index (χ1) is 9.63. The number of piperidine rings is 1. The Bertz CT molecular complexity index is 438. The van der Waals surface area contributed by atoms with E-state index < -0.39 is 0 Å². The van der Waals surface area contributed by atoms with Crippen molar-refractivity contribution < 1.29 is 4.74 Å². The first kappa shape index (κ1) is 15.0. The van der Waals surface area contributed by atoms with Gasteiger partial charge in [0.25, 0.3) is 0 Å². The van der Waals surface area contributed by atoms with Crippen LogP contribution in [0.2, 0.25) is 0 Å². The number of rotatable bonds is 5. The van der Waals surface area contributed by atoms with Gasteiger partial charge in [0.2, 0.25) is 11.8 Å². The number of ether oxygens (including phenoxy) is 1. The molecule has 1 aliphatic rings. The van der Waals surface area contributed by atoms with Gasteiger partial charge in [0, 0.05) is 30.9 Å². The Morgan fingerprint density at radius 2 is 2.20 bits per heavy atom. The summed E-state index contributed by atoms with van der Waals surface area (Å²) >= 11 is 0. The number of aromatic nitrogens is 2. The molecule has 0 saturated carbocycles. The second kappa shape index (κ2) is 6.88. The van der Waals surface area contributed by atoms with Gasteiger partial charge in [0.1, 0.15) is 0 Å². The van der Waals surface area contributed by atoms with Gasteiger partial charge in [-0.15, -0.1) is 0 Å². The van der Waals surface area contributed by atoms with Crippen molar-refractivity contribution in [3.05, 3.63) is 11.8 Å². The molecule has 0 amide bonds. The molecule has 0 bridgehead atoms. The average Bonchev–Trinajstić information content (AvgIpc) is 2.45. The third-order valence-electron chi connectivity index (χ3n) is 3.87. The standard InChI is InChI=1S/C15H26N4O/c1-4-8-20-14-9-11(3)17-15(18-14)19-7-6-13(16)12(5-2)10-19/h9,12-13H,4-8,10,16H2,1-3H3. The predicted molar refractivity (Wildman–Crippen MR) is 81.1 cm³/mol. The van der Waals surface area contributed by atoms with E-state index >= 15 is 0 Å². The highest BCUT2D eigenvalue weighted by atomic mass is 16.5. The predicted octanol–water partition coefficient (Wildman–Crippen LogP) is 2.14. The maximum absolute atomic E-state index is 6.16. The summed E-state index contributed by atoms with van der Waals surface area (Å²) in [5.74, 6) is 1.98. The molecule has 2 N–H and O–H groups in total. The molecule has 1 aliphatic heterocycles. The lowest BCUT2D eigenvalue weighted by Crippen LogP contribution is -2.47. The van der Waals surface area contributed by atoms with Crippen LogP contribution in [0.4, 0.5) is 5.95 Å². The summed E-state index contributed by atoms with van der Waals surface area (Å²) in [7, 11) is 0. The van der Waals surface area contributed by atoms with Crippen molar-refractivity contribution in [2.75, 3.05) is 24.6 Å². The van der Waals surface area contributed by atoms with Gasteiger partial charge in [0.15, 0.2) is 0 Å². The molecular formula is C15H26N4O. The van der Waals surface area contributed by atoms with Crippen molar-refractivity contribution in [3.8, 4) is 5.88 Å². The highest BCUT2D eigenvalue weighted by Crippen LogP contribution is 2.23. The third kappa shape index (κ3) is 3.60. The van der Waals surface area contributed by atoms with Gasteiger partial charge in [-0.1, -0.05) is 20.3 Å². The molecule has 112 valence electrons. The fourth-order valence-corrected chi connectivity index (χ4v) is 2.61. The monoisotopic (exact) mass is 278 g/mol. The molecule has 0 aromatic carbocycles. The lowest BCUT2D eigenvalue weighted by Gasteiger charge is -2.36. The number of nitrogens with zero attached hydrogens (tertiary/aromatic N) is 3. The zero-order valence-electron chi connectivity index (χ0n) is 12.8. The van der Waals surface area contributed by atoms with Crippen LogP contribution < -0.4 is 15.4 Å². The molecule has 5 heteroatoms. The molecule has 1 aromatic heterocycles. The van der Waals surface area contributed by atoms with Gasteiger partial charge in [-0.3, -0.25) is 0 Å². The average molecular weight is 278 g/mol. The van der Waals surface area contributed by atoms with Gasteiger partial charge >= 0.3 is 0 Å². The summed E-state index contributed by atoms with van der Waals surface area (Å²) in [6.45, 7) is 8.83. The highest BCUT2D eigenvalue weighted by molar-refractivity contribution is 5.35. The Hall–Kier alpha value is -1.36. The first-order valence-electron chi connectivity index (χ1n) is 7.63. The first-order valence-corrected chi connectivity index (χ1v) is 7.63. The van der Waals surface area contributed by atoms with E-state index in [0.717, 1.165) is 44.0 Å². The van der Waals surface area contributed by atoms with E-state index in [1.165, 1.54) is 0 Å². The Balaban J connectivity index is 2.13. The maximum Gasteiger partial charge on any atom is 0.228 e. The zero-order chi connectivity index (χ0) is 14.5. The quantitative estimate of drug-likeness (QED) is 0.894. The van der Waals surface area contributed by atoms with E-state index in [9.17, 15) is 0 Å². The van der Waals surface area contributed by atoms with Gasteiger partial charge in [-0.25, -0.2) is 4.98 Å². The van der Waals surface area contributed by atoms with Gasteiger partial charge in [0.05, 0.1) is 6.61 Å². The summed E-state index contributed by atoms with van der Waals surface area (Å²) in [6, 6.07) is 2.20. The third-order valence-corrected chi connectivity index (χ3v) is 3.87. The smallest absolute Gasteiger partial charge is 0.228 e. The number of aryl methyl sites for hydroxylation is 1. The van der Waals surface area contributed by atoms with Crippen LogP contribution in [0.15, 0.2) is 6.07 Å². The topological polar surface area (TPSA) is 64.3 Å². The molecule has 2 atom stereocenters. The lowest BCUT2D eigenvalue weighted by atomic mass is 9.91. The fraction of sp³-hybridized carbons (Fsp3) is 0.733. The van der Waals surface area contributed by atoms with Crippen LogP contribution in [-0.4, -0.2) is 35.7 Å². The molecule has 2 rings (SSSR count). The Morgan fingerprint density at radius 1 is 1.40 bits per heavy atom. The number of hydrogen-bond acceptors (Lipinski definition) is 5. The molecule has 5 nitrogen and oxygen atoms in total. The Labute approximate surface area is 121 Å². The molecule has 1 aromatic rings. The van der Waals surface area contributed by atoms with Crippen LogP contribution in [0.25, 0.3) is 0 Å². The Morgan fingerprint density at radius 3 is 2.90 bits per heavy atom. The number of nitrogens with two attached hydrogens (primary N) is 1. The summed E-state index contributed by atoms with van der Waals surface area (Å²) in [5, 5.41) is 0. The van der Waals surface area contributed by atoms with Crippen LogP contribution in [0, 0.1) is 12.8 Å². The molecule has 0 spiro atoms. The summed E-state index contributed by atoms with van der Waals surface area (Å²) in [5.41, 5.74) is 7.11. The minimum atomic E-state index is 0.303. The van der Waals surface area contributed by atoms with Crippen LogP contribution in [0.1, 0.15) is 38.8 Å². The van der Waals surface area contributed by atoms with Crippen LogP contribution in [-0.2, 0) is 0 Å². The van der Waals surface area contributed by atoms with Crippen LogP contribution in [0.5, 0.6) is 5.88 Å². The minimum absolute atomic E-state index is 0.303. The summed E-state index contributed by atoms with van der Waals surface area (Å²) < 4.78 is 5.64. The normalized spacial score (nSPS) is 22.9. The molecule has 0 radical (unpaired) electrons. The van der Waals surface area contributed by atoms with Crippen molar-refractivity contribution >= 4 is 5.95 Å². The van der Waals surface area contributed by atoms with Crippen molar-refractivity contribution in [3.63, 3.8) is 0 Å². The van der Waals surface area contributed by atoms with Crippen LogP contribution in [0.3, 0.4) is 0 Å². The van der Waals surface area contributed by atoms with E-state index in [2.05, 4.69) is 28.7 Å². The SMILES string of the molecule is CCCOc1cc(C)nc(N2CCC(N)C(CC)C2)n1. The second-order valence-electron chi connectivity index (χ2n) is 5.56. The fourth-order valence-electron chi connectivity index (χ4n) is 2.61.